The summed E-state index contributed by atoms with van der Waals surface area (Å²) < 4.78 is 16.9. The topological polar surface area (TPSA) is 86.8 Å². The van der Waals surface area contributed by atoms with Gasteiger partial charge in [-0.25, -0.2) is 9.78 Å². The highest BCUT2D eigenvalue weighted by Gasteiger charge is 2.27. The summed E-state index contributed by atoms with van der Waals surface area (Å²) in [6, 6.07) is 11.8. The Hall–Kier alpha value is -3.13. The number of aromatic nitrogens is 1. The molecule has 0 spiro atoms. The number of carbonyl (C=O) groups is 2. The molecule has 0 fully saturated rings. The van der Waals surface area contributed by atoms with Crippen LogP contribution in [0.3, 0.4) is 0 Å². The first-order valence-corrected chi connectivity index (χ1v) is 10.3. The highest BCUT2D eigenvalue weighted by Crippen LogP contribution is 2.24. The van der Waals surface area contributed by atoms with E-state index >= 15 is 0 Å². The van der Waals surface area contributed by atoms with E-state index in [9.17, 15) is 9.59 Å². The summed E-state index contributed by atoms with van der Waals surface area (Å²) in [5.41, 5.74) is 1.20. The Morgan fingerprint density at radius 3 is 2.33 bits per heavy atom. The standard InChI is InChI=1S/C22H24N2O5S/c1-13(2)20(24-21(25)14-9-15(27-3)11-16(10-14)28-4)22(26)29-12-19-23-17-7-5-6-8-18(17)30-19/h5-11,13,20H,12H2,1-4H3,(H,24,25)/t20-/m1/s1. The molecule has 0 unspecified atom stereocenters. The zero-order chi connectivity index (χ0) is 21.7. The molecule has 1 atom stereocenters. The Morgan fingerprint density at radius 1 is 1.07 bits per heavy atom. The van der Waals surface area contributed by atoms with Gasteiger partial charge in [0.25, 0.3) is 5.91 Å². The first-order valence-electron chi connectivity index (χ1n) is 9.46. The summed E-state index contributed by atoms with van der Waals surface area (Å²) in [4.78, 5) is 29.9. The van der Waals surface area contributed by atoms with Gasteiger partial charge in [-0.15, -0.1) is 11.3 Å². The number of hydrogen-bond acceptors (Lipinski definition) is 7. The maximum Gasteiger partial charge on any atom is 0.329 e. The number of nitrogens with one attached hydrogen (secondary N) is 1. The number of nitrogens with zero attached hydrogens (tertiary/aromatic N) is 1. The first-order chi connectivity index (χ1) is 14.4. The highest BCUT2D eigenvalue weighted by molar-refractivity contribution is 7.18. The molecule has 3 aromatic rings. The van der Waals surface area contributed by atoms with E-state index in [1.54, 1.807) is 18.2 Å². The average Bonchev–Trinajstić information content (AvgIpc) is 3.18. The lowest BCUT2D eigenvalue weighted by Crippen LogP contribution is -2.45. The van der Waals surface area contributed by atoms with Gasteiger partial charge in [0.15, 0.2) is 0 Å². The van der Waals surface area contributed by atoms with Crippen molar-refractivity contribution in [2.75, 3.05) is 14.2 Å². The monoisotopic (exact) mass is 428 g/mol. The molecule has 30 heavy (non-hydrogen) atoms. The zero-order valence-corrected chi connectivity index (χ0v) is 18.1. The smallest absolute Gasteiger partial charge is 0.329 e. The third-order valence-electron chi connectivity index (χ3n) is 4.50. The predicted octanol–water partition coefficient (Wildman–Crippen LogP) is 3.81. The van der Waals surface area contributed by atoms with Crippen LogP contribution < -0.4 is 14.8 Å². The van der Waals surface area contributed by atoms with Crippen LogP contribution in [0.25, 0.3) is 10.2 Å². The normalized spacial score (nSPS) is 11.9. The number of rotatable bonds is 8. The van der Waals surface area contributed by atoms with Crippen molar-refractivity contribution < 1.29 is 23.8 Å². The van der Waals surface area contributed by atoms with Crippen LogP contribution in [0.5, 0.6) is 11.5 Å². The van der Waals surface area contributed by atoms with E-state index in [2.05, 4.69) is 10.3 Å². The molecular weight excluding hydrogens is 404 g/mol. The molecule has 0 aliphatic rings. The van der Waals surface area contributed by atoms with Crippen LogP contribution in [0.4, 0.5) is 0 Å². The Kier molecular flexibility index (Phi) is 6.89. The van der Waals surface area contributed by atoms with Crippen molar-refractivity contribution >= 4 is 33.4 Å². The number of esters is 1. The summed E-state index contributed by atoms with van der Waals surface area (Å²) in [6.45, 7) is 3.75. The highest BCUT2D eigenvalue weighted by atomic mass is 32.1. The molecule has 0 aliphatic carbocycles. The quantitative estimate of drug-likeness (QED) is 0.549. The van der Waals surface area contributed by atoms with Gasteiger partial charge >= 0.3 is 5.97 Å². The molecule has 0 radical (unpaired) electrons. The van der Waals surface area contributed by atoms with E-state index in [0.29, 0.717) is 22.1 Å². The first kappa shape index (κ1) is 21.6. The van der Waals surface area contributed by atoms with Gasteiger partial charge in [0.1, 0.15) is 29.2 Å². The SMILES string of the molecule is COc1cc(OC)cc(C(=O)N[C@@H](C(=O)OCc2nc3ccccc3s2)C(C)C)c1. The molecular formula is C22H24N2O5S. The van der Waals surface area contributed by atoms with Crippen molar-refractivity contribution in [2.45, 2.75) is 26.5 Å². The van der Waals surface area contributed by atoms with Crippen LogP contribution in [-0.4, -0.2) is 37.1 Å². The summed E-state index contributed by atoms with van der Waals surface area (Å²) in [5, 5.41) is 3.46. The van der Waals surface area contributed by atoms with E-state index in [0.717, 1.165) is 10.2 Å². The van der Waals surface area contributed by atoms with E-state index in [4.69, 9.17) is 14.2 Å². The molecule has 1 heterocycles. The van der Waals surface area contributed by atoms with Crippen molar-refractivity contribution in [3.05, 3.63) is 53.0 Å². The number of hydrogen-bond donors (Lipinski definition) is 1. The van der Waals surface area contributed by atoms with Gasteiger partial charge in [0.2, 0.25) is 0 Å². The number of para-hydroxylation sites is 1. The van der Waals surface area contributed by atoms with Crippen LogP contribution in [0, 0.1) is 5.92 Å². The van der Waals surface area contributed by atoms with Crippen molar-refractivity contribution in [3.8, 4) is 11.5 Å². The van der Waals surface area contributed by atoms with Gasteiger partial charge < -0.3 is 19.5 Å². The van der Waals surface area contributed by atoms with Gasteiger partial charge in [0.05, 0.1) is 24.4 Å². The minimum Gasteiger partial charge on any atom is -0.497 e. The third-order valence-corrected chi connectivity index (χ3v) is 5.51. The molecule has 0 saturated carbocycles. The molecule has 7 nitrogen and oxygen atoms in total. The maximum atomic E-state index is 12.8. The van der Waals surface area contributed by atoms with Gasteiger partial charge in [-0.05, 0) is 30.2 Å². The minimum atomic E-state index is -0.802. The van der Waals surface area contributed by atoms with Gasteiger partial charge in [-0.3, -0.25) is 4.79 Å². The Labute approximate surface area is 179 Å². The van der Waals surface area contributed by atoms with E-state index in [1.165, 1.54) is 25.6 Å². The fraction of sp³-hybridized carbons (Fsp3) is 0.318. The average molecular weight is 429 g/mol. The number of ether oxygens (including phenoxy) is 3. The van der Waals surface area contributed by atoms with Crippen molar-refractivity contribution in [3.63, 3.8) is 0 Å². The minimum absolute atomic E-state index is 0.0598. The number of methoxy groups -OCH3 is 2. The largest absolute Gasteiger partial charge is 0.497 e. The molecule has 1 amide bonds. The van der Waals surface area contributed by atoms with E-state index in [-0.39, 0.29) is 12.5 Å². The Morgan fingerprint density at radius 2 is 1.73 bits per heavy atom. The molecule has 1 aromatic heterocycles. The lowest BCUT2D eigenvalue weighted by molar-refractivity contribution is -0.148. The van der Waals surface area contributed by atoms with Crippen LogP contribution in [-0.2, 0) is 16.1 Å². The summed E-state index contributed by atoms with van der Waals surface area (Å²) in [6.07, 6.45) is 0. The van der Waals surface area contributed by atoms with Gasteiger partial charge in [-0.1, -0.05) is 26.0 Å². The van der Waals surface area contributed by atoms with Crippen LogP contribution in [0.1, 0.15) is 29.2 Å². The molecule has 0 aliphatic heterocycles. The fourth-order valence-electron chi connectivity index (χ4n) is 2.87. The Balaban J connectivity index is 1.68. The molecule has 158 valence electrons. The van der Waals surface area contributed by atoms with Crippen molar-refractivity contribution in [1.29, 1.82) is 0 Å². The lowest BCUT2D eigenvalue weighted by atomic mass is 10.0. The number of carbonyl (C=O) groups excluding carboxylic acids is 2. The predicted molar refractivity (Wildman–Crippen MR) is 115 cm³/mol. The van der Waals surface area contributed by atoms with Gasteiger partial charge in [0, 0.05) is 11.6 Å². The van der Waals surface area contributed by atoms with Crippen LogP contribution in [0.2, 0.25) is 0 Å². The molecule has 0 saturated heterocycles. The molecule has 2 aromatic carbocycles. The van der Waals surface area contributed by atoms with Crippen molar-refractivity contribution in [2.24, 2.45) is 5.92 Å². The summed E-state index contributed by atoms with van der Waals surface area (Å²) in [7, 11) is 3.01. The maximum absolute atomic E-state index is 12.8. The zero-order valence-electron chi connectivity index (χ0n) is 17.3. The van der Waals surface area contributed by atoms with E-state index in [1.807, 2.05) is 38.1 Å². The lowest BCUT2D eigenvalue weighted by Gasteiger charge is -2.21. The number of thiazole rings is 1. The second kappa shape index (κ2) is 9.58. The van der Waals surface area contributed by atoms with Crippen LogP contribution in [0.15, 0.2) is 42.5 Å². The van der Waals surface area contributed by atoms with Crippen LogP contribution >= 0.6 is 11.3 Å². The number of fused-ring (bicyclic) bond motifs is 1. The molecule has 8 heteroatoms. The summed E-state index contributed by atoms with van der Waals surface area (Å²) >= 11 is 1.47. The van der Waals surface area contributed by atoms with Crippen molar-refractivity contribution in [1.82, 2.24) is 10.3 Å². The second-order valence-electron chi connectivity index (χ2n) is 6.98. The third kappa shape index (κ3) is 5.07. The second-order valence-corrected chi connectivity index (χ2v) is 8.09. The molecule has 3 rings (SSSR count). The number of benzene rings is 2. The summed E-state index contributed by atoms with van der Waals surface area (Å²) in [5.74, 6) is -0.113. The fourth-order valence-corrected chi connectivity index (χ4v) is 3.75. The van der Waals surface area contributed by atoms with Gasteiger partial charge in [-0.2, -0.15) is 0 Å². The Bertz CT molecular complexity index is 992. The number of amides is 1. The van der Waals surface area contributed by atoms with E-state index < -0.39 is 17.9 Å². The molecule has 0 bridgehead atoms. The molecule has 1 N–H and O–H groups in total.